The highest BCUT2D eigenvalue weighted by atomic mass is 19.1. The number of anilines is 1. The number of aliphatic hydroxyl groups is 1. The summed E-state index contributed by atoms with van der Waals surface area (Å²) in [6.07, 6.45) is 2.37. The van der Waals surface area contributed by atoms with Gasteiger partial charge < -0.3 is 9.67 Å². The minimum absolute atomic E-state index is 0.00280. The van der Waals surface area contributed by atoms with Gasteiger partial charge in [0, 0.05) is 36.4 Å². The van der Waals surface area contributed by atoms with Gasteiger partial charge >= 0.3 is 0 Å². The number of imidazole rings is 1. The van der Waals surface area contributed by atoms with Gasteiger partial charge in [-0.2, -0.15) is 0 Å². The predicted octanol–water partition coefficient (Wildman–Crippen LogP) is 3.67. The van der Waals surface area contributed by atoms with Crippen molar-refractivity contribution in [3.63, 3.8) is 0 Å². The van der Waals surface area contributed by atoms with Crippen molar-refractivity contribution in [2.75, 3.05) is 11.9 Å². The maximum absolute atomic E-state index is 13.7. The van der Waals surface area contributed by atoms with E-state index in [-0.39, 0.29) is 35.8 Å². The van der Waals surface area contributed by atoms with Gasteiger partial charge in [-0.15, -0.1) is 0 Å². The number of hydrogen-bond donors (Lipinski definition) is 2. The molecule has 0 spiro atoms. The summed E-state index contributed by atoms with van der Waals surface area (Å²) in [4.78, 5) is 27.5. The number of aliphatic hydroxyl groups excluding tert-OH is 1. The number of nitro groups is 1. The number of amides is 1. The van der Waals surface area contributed by atoms with E-state index in [1.807, 2.05) is 4.57 Å². The summed E-state index contributed by atoms with van der Waals surface area (Å²) in [6, 6.07) is 9.68. The molecular formula is C20H19FN4O4. The number of non-ortho nitro benzene ring substituents is 1. The lowest BCUT2D eigenvalue weighted by Gasteiger charge is -2.17. The Balaban J connectivity index is 1.71. The Hall–Kier alpha value is -3.33. The van der Waals surface area contributed by atoms with E-state index in [0.29, 0.717) is 11.0 Å². The SMILES string of the molecule is O=C(Nc1nc2cc(F)ccc2n1[C@H]1CC[C@@H](CO)C1)c1cccc([N+](=O)[O-])c1. The maximum Gasteiger partial charge on any atom is 0.270 e. The zero-order chi connectivity index (χ0) is 20.5. The maximum atomic E-state index is 13.7. The lowest BCUT2D eigenvalue weighted by atomic mass is 10.1. The number of nitrogens with zero attached hydrogens (tertiary/aromatic N) is 3. The molecule has 0 radical (unpaired) electrons. The Bertz CT molecular complexity index is 1100. The van der Waals surface area contributed by atoms with Gasteiger partial charge in [-0.3, -0.25) is 20.2 Å². The molecule has 3 aromatic rings. The molecule has 1 aliphatic carbocycles. The number of nitrogens with one attached hydrogen (secondary N) is 1. The molecule has 0 unspecified atom stereocenters. The molecule has 1 aromatic heterocycles. The number of fused-ring (bicyclic) bond motifs is 1. The van der Waals surface area contributed by atoms with Crippen LogP contribution in [-0.4, -0.2) is 32.1 Å². The summed E-state index contributed by atoms with van der Waals surface area (Å²) in [7, 11) is 0. The van der Waals surface area contributed by atoms with Gasteiger partial charge in [0.2, 0.25) is 5.95 Å². The van der Waals surface area contributed by atoms with Crippen molar-refractivity contribution in [2.24, 2.45) is 5.92 Å². The zero-order valence-corrected chi connectivity index (χ0v) is 15.4. The first-order chi connectivity index (χ1) is 14.0. The molecule has 2 N–H and O–H groups in total. The third-order valence-electron chi connectivity index (χ3n) is 5.33. The summed E-state index contributed by atoms with van der Waals surface area (Å²) in [5, 5.41) is 23.2. The Kier molecular flexibility index (Phi) is 4.98. The van der Waals surface area contributed by atoms with Gasteiger partial charge in [0.15, 0.2) is 0 Å². The standard InChI is InChI=1S/C20H19FN4O4/c21-14-5-7-18-17(10-14)22-20(24(18)15-6-4-12(8-15)11-26)23-19(27)13-2-1-3-16(9-13)25(28)29/h1-3,5,7,9-10,12,15,26H,4,6,8,11H2,(H,22,23,27)/t12-,15+/m1/s1. The zero-order valence-electron chi connectivity index (χ0n) is 15.4. The molecule has 8 nitrogen and oxygen atoms in total. The van der Waals surface area contributed by atoms with Crippen molar-refractivity contribution >= 4 is 28.6 Å². The fraction of sp³-hybridized carbons (Fsp3) is 0.300. The normalized spacial score (nSPS) is 18.8. The van der Waals surface area contributed by atoms with E-state index in [4.69, 9.17) is 0 Å². The molecule has 2 aromatic carbocycles. The summed E-state index contributed by atoms with van der Waals surface area (Å²) in [5.41, 5.74) is 1.04. The van der Waals surface area contributed by atoms with E-state index in [1.165, 1.54) is 36.4 Å². The second-order valence-electron chi connectivity index (χ2n) is 7.22. The topological polar surface area (TPSA) is 110 Å². The number of hydrogen-bond acceptors (Lipinski definition) is 5. The number of aromatic nitrogens is 2. The molecule has 4 rings (SSSR count). The van der Waals surface area contributed by atoms with E-state index in [2.05, 4.69) is 10.3 Å². The van der Waals surface area contributed by atoms with Crippen LogP contribution in [0.3, 0.4) is 0 Å². The molecule has 1 aliphatic rings. The first-order valence-corrected chi connectivity index (χ1v) is 9.30. The molecular weight excluding hydrogens is 379 g/mol. The molecule has 1 fully saturated rings. The van der Waals surface area contributed by atoms with Crippen molar-refractivity contribution in [3.05, 3.63) is 64.0 Å². The van der Waals surface area contributed by atoms with Gasteiger partial charge in [-0.1, -0.05) is 6.07 Å². The monoisotopic (exact) mass is 398 g/mol. The molecule has 0 bridgehead atoms. The summed E-state index contributed by atoms with van der Waals surface area (Å²) >= 11 is 0. The van der Waals surface area contributed by atoms with Gasteiger partial charge in [0.25, 0.3) is 11.6 Å². The number of benzene rings is 2. The second kappa shape index (κ2) is 7.59. The van der Waals surface area contributed by atoms with Crippen LogP contribution >= 0.6 is 0 Å². The third kappa shape index (κ3) is 3.68. The third-order valence-corrected chi connectivity index (χ3v) is 5.33. The number of carbonyl (C=O) groups excluding carboxylic acids is 1. The smallest absolute Gasteiger partial charge is 0.270 e. The lowest BCUT2D eigenvalue weighted by Crippen LogP contribution is -2.18. The highest BCUT2D eigenvalue weighted by molar-refractivity contribution is 6.04. The Labute approximate surface area is 165 Å². The van der Waals surface area contributed by atoms with Crippen molar-refractivity contribution < 1.29 is 19.2 Å². The fourth-order valence-electron chi connectivity index (χ4n) is 3.91. The number of nitro benzene ring substituents is 1. The van der Waals surface area contributed by atoms with Crippen LogP contribution < -0.4 is 5.32 Å². The average Bonchev–Trinajstić information content (AvgIpc) is 3.31. The quantitative estimate of drug-likeness (QED) is 0.503. The van der Waals surface area contributed by atoms with Crippen molar-refractivity contribution in [2.45, 2.75) is 25.3 Å². The van der Waals surface area contributed by atoms with Crippen molar-refractivity contribution in [1.29, 1.82) is 0 Å². The first-order valence-electron chi connectivity index (χ1n) is 9.30. The molecule has 150 valence electrons. The van der Waals surface area contributed by atoms with Gasteiger partial charge in [-0.05, 0) is 43.4 Å². The van der Waals surface area contributed by atoms with Crippen LogP contribution in [0, 0.1) is 21.8 Å². The molecule has 1 saturated carbocycles. The molecule has 9 heteroatoms. The highest BCUT2D eigenvalue weighted by Gasteiger charge is 2.29. The molecule has 1 amide bonds. The second-order valence-corrected chi connectivity index (χ2v) is 7.22. The van der Waals surface area contributed by atoms with E-state index >= 15 is 0 Å². The lowest BCUT2D eigenvalue weighted by molar-refractivity contribution is -0.384. The minimum atomic E-state index is -0.567. The predicted molar refractivity (Wildman–Crippen MR) is 104 cm³/mol. The van der Waals surface area contributed by atoms with Crippen molar-refractivity contribution in [3.8, 4) is 0 Å². The Morgan fingerprint density at radius 1 is 1.31 bits per heavy atom. The summed E-state index contributed by atoms with van der Waals surface area (Å²) in [6.45, 7) is 0.0904. The molecule has 1 heterocycles. The summed E-state index contributed by atoms with van der Waals surface area (Å²) < 4.78 is 15.5. The van der Waals surface area contributed by atoms with E-state index < -0.39 is 16.6 Å². The minimum Gasteiger partial charge on any atom is -0.396 e. The van der Waals surface area contributed by atoms with Crippen LogP contribution in [-0.2, 0) is 0 Å². The van der Waals surface area contributed by atoms with Crippen LogP contribution in [0.4, 0.5) is 16.0 Å². The van der Waals surface area contributed by atoms with Gasteiger partial charge in [-0.25, -0.2) is 9.37 Å². The largest absolute Gasteiger partial charge is 0.396 e. The molecule has 2 atom stereocenters. The van der Waals surface area contributed by atoms with Crippen LogP contribution in [0.25, 0.3) is 11.0 Å². The van der Waals surface area contributed by atoms with Crippen LogP contribution in [0.1, 0.15) is 35.7 Å². The van der Waals surface area contributed by atoms with E-state index in [1.54, 1.807) is 6.07 Å². The van der Waals surface area contributed by atoms with Crippen LogP contribution in [0.15, 0.2) is 42.5 Å². The van der Waals surface area contributed by atoms with Crippen LogP contribution in [0.2, 0.25) is 0 Å². The van der Waals surface area contributed by atoms with Gasteiger partial charge in [0.1, 0.15) is 5.82 Å². The number of rotatable bonds is 5. The average molecular weight is 398 g/mol. The molecule has 29 heavy (non-hydrogen) atoms. The molecule has 0 saturated heterocycles. The Morgan fingerprint density at radius 2 is 2.14 bits per heavy atom. The van der Waals surface area contributed by atoms with Crippen molar-refractivity contribution in [1.82, 2.24) is 9.55 Å². The summed E-state index contributed by atoms with van der Waals surface area (Å²) in [5.74, 6) is -0.551. The number of halogens is 1. The fourth-order valence-corrected chi connectivity index (χ4v) is 3.91. The van der Waals surface area contributed by atoms with Crippen LogP contribution in [0.5, 0.6) is 0 Å². The first kappa shape index (κ1) is 19.0. The molecule has 0 aliphatic heterocycles. The van der Waals surface area contributed by atoms with E-state index in [0.717, 1.165) is 19.3 Å². The number of carbonyl (C=O) groups is 1. The van der Waals surface area contributed by atoms with E-state index in [9.17, 15) is 24.4 Å². The van der Waals surface area contributed by atoms with Gasteiger partial charge in [0.05, 0.1) is 16.0 Å². The Morgan fingerprint density at radius 3 is 2.86 bits per heavy atom. The highest BCUT2D eigenvalue weighted by Crippen LogP contribution is 2.38.